The quantitative estimate of drug-likeness (QED) is 0.728. The maximum atomic E-state index is 10.8. The highest BCUT2D eigenvalue weighted by Crippen LogP contribution is 2.19. The van der Waals surface area contributed by atoms with Crippen LogP contribution in [0.5, 0.6) is 5.75 Å². The van der Waals surface area contributed by atoms with Crippen LogP contribution >= 0.6 is 0 Å². The number of ether oxygens (including phenoxy) is 1. The first-order valence-electron chi connectivity index (χ1n) is 6.59. The van der Waals surface area contributed by atoms with Gasteiger partial charge in [0.15, 0.2) is 0 Å². The second kappa shape index (κ2) is 8.32. The summed E-state index contributed by atoms with van der Waals surface area (Å²) < 4.78 is 5.76. The molecular formula is C15H22N2O2. The van der Waals surface area contributed by atoms with E-state index in [1.54, 1.807) is 6.08 Å². The molecule has 0 aliphatic carbocycles. The van der Waals surface area contributed by atoms with Gasteiger partial charge in [-0.15, -0.1) is 0 Å². The van der Waals surface area contributed by atoms with E-state index >= 15 is 0 Å². The van der Waals surface area contributed by atoms with Crippen LogP contribution in [0.25, 0.3) is 6.08 Å². The zero-order valence-corrected chi connectivity index (χ0v) is 11.6. The number of likely N-dealkylation sites (N-methyl/N-ethyl adjacent to an activating group) is 1. The van der Waals surface area contributed by atoms with Gasteiger partial charge in [-0.25, -0.2) is 0 Å². The van der Waals surface area contributed by atoms with Gasteiger partial charge in [0.2, 0.25) is 5.91 Å². The summed E-state index contributed by atoms with van der Waals surface area (Å²) in [5, 5.41) is 0. The number of hydrogen-bond acceptors (Lipinski definition) is 3. The minimum absolute atomic E-state index is 0.460. The topological polar surface area (TPSA) is 55.6 Å². The second-order valence-corrected chi connectivity index (χ2v) is 4.15. The molecule has 4 nitrogen and oxygen atoms in total. The third-order valence-electron chi connectivity index (χ3n) is 2.91. The maximum Gasteiger partial charge on any atom is 0.241 e. The van der Waals surface area contributed by atoms with Crippen molar-refractivity contribution in [2.24, 2.45) is 5.73 Å². The van der Waals surface area contributed by atoms with Gasteiger partial charge in [-0.05, 0) is 25.2 Å². The molecule has 4 heteroatoms. The lowest BCUT2D eigenvalue weighted by Crippen LogP contribution is -2.27. The summed E-state index contributed by atoms with van der Waals surface area (Å²) in [5.41, 5.74) is 5.95. The molecule has 1 aromatic carbocycles. The Labute approximate surface area is 114 Å². The maximum absolute atomic E-state index is 10.8. The number of carbonyl (C=O) groups excluding carboxylic acids is 1. The van der Waals surface area contributed by atoms with Gasteiger partial charge in [0.25, 0.3) is 0 Å². The number of nitrogens with zero attached hydrogens (tertiary/aromatic N) is 1. The van der Waals surface area contributed by atoms with E-state index in [1.165, 1.54) is 6.08 Å². The van der Waals surface area contributed by atoms with Crippen molar-refractivity contribution < 1.29 is 9.53 Å². The summed E-state index contributed by atoms with van der Waals surface area (Å²) >= 11 is 0. The van der Waals surface area contributed by atoms with Crippen molar-refractivity contribution in [2.75, 3.05) is 26.2 Å². The van der Waals surface area contributed by atoms with E-state index in [-0.39, 0.29) is 0 Å². The average Bonchev–Trinajstić information content (AvgIpc) is 2.42. The lowest BCUT2D eigenvalue weighted by molar-refractivity contribution is -0.113. The van der Waals surface area contributed by atoms with Crippen molar-refractivity contribution in [1.82, 2.24) is 4.90 Å². The number of hydrogen-bond donors (Lipinski definition) is 1. The van der Waals surface area contributed by atoms with Crippen molar-refractivity contribution in [3.8, 4) is 5.75 Å². The molecule has 0 saturated carbocycles. The van der Waals surface area contributed by atoms with Crippen LogP contribution in [-0.4, -0.2) is 37.0 Å². The van der Waals surface area contributed by atoms with Crippen molar-refractivity contribution >= 4 is 12.0 Å². The fraction of sp³-hybridized carbons (Fsp3) is 0.400. The first kappa shape index (κ1) is 15.2. The Hall–Kier alpha value is -1.81. The first-order valence-corrected chi connectivity index (χ1v) is 6.59. The molecule has 1 aromatic rings. The van der Waals surface area contributed by atoms with Crippen LogP contribution in [0.2, 0.25) is 0 Å². The third kappa shape index (κ3) is 5.57. The lowest BCUT2D eigenvalue weighted by Gasteiger charge is -2.18. The van der Waals surface area contributed by atoms with Gasteiger partial charge in [0, 0.05) is 18.2 Å². The Bertz CT molecular complexity index is 426. The standard InChI is InChI=1S/C15H22N2O2/c1-3-17(4-2)11-12-19-14-8-6-5-7-13(14)9-10-15(16)18/h5-10H,3-4,11-12H2,1-2H3,(H2,16,18)/b10-9-. The Morgan fingerprint density at radius 2 is 2.00 bits per heavy atom. The third-order valence-corrected chi connectivity index (χ3v) is 2.91. The van der Waals surface area contributed by atoms with Crippen molar-refractivity contribution in [3.05, 3.63) is 35.9 Å². The van der Waals surface area contributed by atoms with Gasteiger partial charge >= 0.3 is 0 Å². The predicted molar refractivity (Wildman–Crippen MR) is 78.0 cm³/mol. The van der Waals surface area contributed by atoms with E-state index < -0.39 is 5.91 Å². The van der Waals surface area contributed by atoms with Crippen LogP contribution < -0.4 is 10.5 Å². The molecule has 1 rings (SSSR count). The highest BCUT2D eigenvalue weighted by atomic mass is 16.5. The number of primary amides is 1. The molecule has 0 aliphatic rings. The molecule has 0 unspecified atom stereocenters. The number of para-hydroxylation sites is 1. The molecule has 0 saturated heterocycles. The van der Waals surface area contributed by atoms with E-state index in [4.69, 9.17) is 10.5 Å². The highest BCUT2D eigenvalue weighted by Gasteiger charge is 2.02. The SMILES string of the molecule is CCN(CC)CCOc1ccccc1/C=C\C(N)=O. The summed E-state index contributed by atoms with van der Waals surface area (Å²) in [5.74, 6) is 0.310. The van der Waals surface area contributed by atoms with Crippen LogP contribution in [0.1, 0.15) is 19.4 Å². The van der Waals surface area contributed by atoms with E-state index in [2.05, 4.69) is 18.7 Å². The van der Waals surface area contributed by atoms with Crippen molar-refractivity contribution in [2.45, 2.75) is 13.8 Å². The summed E-state index contributed by atoms with van der Waals surface area (Å²) in [7, 11) is 0. The first-order chi connectivity index (χ1) is 9.17. The lowest BCUT2D eigenvalue weighted by atomic mass is 10.2. The molecule has 0 bridgehead atoms. The number of benzene rings is 1. The van der Waals surface area contributed by atoms with Crippen LogP contribution in [0.15, 0.2) is 30.3 Å². The van der Waals surface area contributed by atoms with Crippen LogP contribution in [0.3, 0.4) is 0 Å². The molecule has 0 radical (unpaired) electrons. The largest absolute Gasteiger partial charge is 0.492 e. The molecule has 2 N–H and O–H groups in total. The molecule has 0 heterocycles. The molecule has 0 aliphatic heterocycles. The van der Waals surface area contributed by atoms with E-state index in [0.29, 0.717) is 6.61 Å². The zero-order chi connectivity index (χ0) is 14.1. The normalized spacial score (nSPS) is 11.1. The van der Waals surface area contributed by atoms with Gasteiger partial charge in [0.05, 0.1) is 0 Å². The van der Waals surface area contributed by atoms with Crippen LogP contribution in [-0.2, 0) is 4.79 Å². The Morgan fingerprint density at radius 1 is 1.32 bits per heavy atom. The van der Waals surface area contributed by atoms with Gasteiger partial charge < -0.3 is 15.4 Å². The molecule has 1 amide bonds. The monoisotopic (exact) mass is 262 g/mol. The molecule has 0 aromatic heterocycles. The Balaban J connectivity index is 2.60. The minimum Gasteiger partial charge on any atom is -0.492 e. The van der Waals surface area contributed by atoms with Crippen LogP contribution in [0.4, 0.5) is 0 Å². The van der Waals surface area contributed by atoms with Crippen LogP contribution in [0, 0.1) is 0 Å². The number of rotatable bonds is 8. The molecular weight excluding hydrogens is 240 g/mol. The van der Waals surface area contributed by atoms with Crippen molar-refractivity contribution in [1.29, 1.82) is 0 Å². The summed E-state index contributed by atoms with van der Waals surface area (Å²) in [6.45, 7) is 7.82. The minimum atomic E-state index is -0.460. The highest BCUT2D eigenvalue weighted by molar-refractivity contribution is 5.90. The Kier molecular flexibility index (Phi) is 6.68. The number of carbonyl (C=O) groups is 1. The zero-order valence-electron chi connectivity index (χ0n) is 11.6. The summed E-state index contributed by atoms with van der Waals surface area (Å²) in [6.07, 6.45) is 3.02. The predicted octanol–water partition coefficient (Wildman–Crippen LogP) is 1.91. The van der Waals surface area contributed by atoms with Gasteiger partial charge in [-0.3, -0.25) is 4.79 Å². The van der Waals surface area contributed by atoms with Gasteiger partial charge in [-0.1, -0.05) is 32.0 Å². The molecule has 19 heavy (non-hydrogen) atoms. The molecule has 0 spiro atoms. The Morgan fingerprint density at radius 3 is 2.63 bits per heavy atom. The summed E-state index contributed by atoms with van der Waals surface area (Å²) in [4.78, 5) is 13.0. The smallest absolute Gasteiger partial charge is 0.241 e. The van der Waals surface area contributed by atoms with Gasteiger partial charge in [-0.2, -0.15) is 0 Å². The number of amides is 1. The fourth-order valence-electron chi connectivity index (χ4n) is 1.75. The van der Waals surface area contributed by atoms with Gasteiger partial charge in [0.1, 0.15) is 12.4 Å². The van der Waals surface area contributed by atoms with E-state index in [1.807, 2.05) is 24.3 Å². The van der Waals surface area contributed by atoms with E-state index in [0.717, 1.165) is 30.9 Å². The molecule has 0 atom stereocenters. The van der Waals surface area contributed by atoms with Crippen molar-refractivity contribution in [3.63, 3.8) is 0 Å². The second-order valence-electron chi connectivity index (χ2n) is 4.15. The number of nitrogens with two attached hydrogens (primary N) is 1. The molecule has 104 valence electrons. The summed E-state index contributed by atoms with van der Waals surface area (Å²) in [6, 6.07) is 7.60. The fourth-order valence-corrected chi connectivity index (χ4v) is 1.75. The average molecular weight is 262 g/mol. The van der Waals surface area contributed by atoms with E-state index in [9.17, 15) is 4.79 Å². The molecule has 0 fully saturated rings.